The molecule has 0 saturated heterocycles. The number of methoxy groups -OCH3 is 1. The highest BCUT2D eigenvalue weighted by molar-refractivity contribution is 6.27. The lowest BCUT2D eigenvalue weighted by Gasteiger charge is -2.30. The molecular formula is C31H29F6NO7. The van der Waals surface area contributed by atoms with E-state index in [0.717, 1.165) is 35.1 Å². The largest absolute Gasteiger partial charge is 0.473 e. The van der Waals surface area contributed by atoms with E-state index in [1.54, 1.807) is 0 Å². The molecule has 1 atom stereocenters. The number of aliphatic carboxylic acids is 2. The number of carbonyl (C=O) groups is 3. The molecule has 4 rings (SSSR count). The number of hydrogen-bond acceptors (Lipinski definition) is 6. The molecular weight excluding hydrogens is 612 g/mol. The molecule has 1 unspecified atom stereocenters. The van der Waals surface area contributed by atoms with Gasteiger partial charge in [0, 0.05) is 12.0 Å². The zero-order valence-corrected chi connectivity index (χ0v) is 23.7. The van der Waals surface area contributed by atoms with E-state index in [1.807, 2.05) is 48.5 Å². The molecule has 45 heavy (non-hydrogen) atoms. The summed E-state index contributed by atoms with van der Waals surface area (Å²) in [4.78, 5) is 30.2. The number of benzene rings is 3. The van der Waals surface area contributed by atoms with Crippen molar-refractivity contribution in [3.05, 3.63) is 106 Å². The van der Waals surface area contributed by atoms with Gasteiger partial charge in [-0.05, 0) is 58.9 Å². The van der Waals surface area contributed by atoms with Crippen molar-refractivity contribution in [1.29, 1.82) is 0 Å². The summed E-state index contributed by atoms with van der Waals surface area (Å²) in [7, 11) is 1.25. The number of aryl methyl sites for hydroxylation is 2. The van der Waals surface area contributed by atoms with E-state index in [4.69, 9.17) is 29.3 Å². The highest BCUT2D eigenvalue weighted by atomic mass is 19.4. The maximum atomic E-state index is 13.3. The molecule has 0 aliphatic heterocycles. The van der Waals surface area contributed by atoms with Crippen LogP contribution in [0.15, 0.2) is 66.7 Å². The number of carboxylic acid groups (broad SMARTS) is 2. The third-order valence-corrected chi connectivity index (χ3v) is 6.98. The lowest BCUT2D eigenvalue weighted by molar-refractivity contribution is -0.159. The Morgan fingerprint density at radius 2 is 1.29 bits per heavy atom. The normalized spacial score (nSPS) is 13.8. The van der Waals surface area contributed by atoms with Gasteiger partial charge in [-0.1, -0.05) is 48.5 Å². The van der Waals surface area contributed by atoms with Gasteiger partial charge in [0.2, 0.25) is 0 Å². The van der Waals surface area contributed by atoms with Crippen LogP contribution in [0.25, 0.3) is 0 Å². The second kappa shape index (κ2) is 15.0. The minimum atomic E-state index is -4.95. The molecule has 1 aliphatic rings. The average molecular weight is 642 g/mol. The Balaban J connectivity index is 0.000000838. The molecule has 3 N–H and O–H groups in total. The molecule has 0 fully saturated rings. The van der Waals surface area contributed by atoms with Gasteiger partial charge in [-0.25, -0.2) is 9.59 Å². The third kappa shape index (κ3) is 9.78. The van der Waals surface area contributed by atoms with Gasteiger partial charge in [0.1, 0.15) is 0 Å². The number of carboxylic acids is 2. The number of hydrogen-bond donors (Lipinski definition) is 3. The van der Waals surface area contributed by atoms with Crippen LogP contribution in [0, 0.1) is 0 Å². The summed E-state index contributed by atoms with van der Waals surface area (Å²) in [5.41, 5.74) is 1.17. The first-order valence-corrected chi connectivity index (χ1v) is 13.4. The first-order chi connectivity index (χ1) is 21.1. The van der Waals surface area contributed by atoms with Gasteiger partial charge in [-0.15, -0.1) is 0 Å². The zero-order valence-electron chi connectivity index (χ0n) is 23.7. The lowest BCUT2D eigenvalue weighted by atomic mass is 9.82. The predicted molar refractivity (Wildman–Crippen MR) is 147 cm³/mol. The van der Waals surface area contributed by atoms with Gasteiger partial charge in [0.05, 0.1) is 38.0 Å². The standard InChI is InChI=1S/C29H27F6NO3.C2H2O4/c1-38-26(37)15-36-25(17-39-16-18-12-21(28(30,31)32)14-22(13-18)29(33,34)35)27-23-8-4-2-6-19(23)10-11-20-7-3-5-9-24(20)27;3-1(4)2(5)6/h2-9,12-14,25,27,36H,10-11,15-17H2,1H3;(H,3,4)(H,5,6). The summed E-state index contributed by atoms with van der Waals surface area (Å²) in [5, 5.41) is 17.9. The Bertz CT molecular complexity index is 1410. The average Bonchev–Trinajstić information content (AvgIpc) is 3.15. The minimum absolute atomic E-state index is 0.0869. The maximum absolute atomic E-state index is 13.3. The van der Waals surface area contributed by atoms with E-state index >= 15 is 0 Å². The molecule has 0 amide bonds. The van der Waals surface area contributed by atoms with E-state index in [2.05, 4.69) is 5.32 Å². The molecule has 14 heteroatoms. The molecule has 0 radical (unpaired) electrons. The minimum Gasteiger partial charge on any atom is -0.473 e. The summed E-state index contributed by atoms with van der Waals surface area (Å²) >= 11 is 0. The van der Waals surface area contributed by atoms with Crippen LogP contribution in [0.1, 0.15) is 44.9 Å². The van der Waals surface area contributed by atoms with Gasteiger partial charge >= 0.3 is 30.3 Å². The molecule has 242 valence electrons. The van der Waals surface area contributed by atoms with E-state index in [-0.39, 0.29) is 30.7 Å². The van der Waals surface area contributed by atoms with Gasteiger partial charge < -0.3 is 25.0 Å². The highest BCUT2D eigenvalue weighted by Crippen LogP contribution is 2.38. The summed E-state index contributed by atoms with van der Waals surface area (Å²) in [6, 6.07) is 16.5. The molecule has 0 aromatic heterocycles. The Morgan fingerprint density at radius 1 is 0.822 bits per heavy atom. The van der Waals surface area contributed by atoms with Crippen LogP contribution in [0.3, 0.4) is 0 Å². The molecule has 0 spiro atoms. The SMILES string of the molecule is COC(=O)CNC(COCc1cc(C(F)(F)F)cc(C(F)(F)F)c1)C1c2ccccc2CCc2ccccc21.O=C(O)C(=O)O. The number of halogens is 6. The van der Waals surface area contributed by atoms with Crippen molar-refractivity contribution in [3.8, 4) is 0 Å². The first kappa shape index (κ1) is 35.1. The number of ether oxygens (including phenoxy) is 2. The summed E-state index contributed by atoms with van der Waals surface area (Å²) in [6.45, 7) is -0.742. The number of alkyl halides is 6. The molecule has 0 heterocycles. The smallest absolute Gasteiger partial charge is 0.416 e. The lowest BCUT2D eigenvalue weighted by Crippen LogP contribution is -2.42. The van der Waals surface area contributed by atoms with Crippen LogP contribution < -0.4 is 5.32 Å². The van der Waals surface area contributed by atoms with Crippen LogP contribution in [0.2, 0.25) is 0 Å². The van der Waals surface area contributed by atoms with Crippen LogP contribution in [-0.4, -0.2) is 54.4 Å². The Morgan fingerprint density at radius 3 is 1.71 bits per heavy atom. The molecule has 0 bridgehead atoms. The van der Waals surface area contributed by atoms with Gasteiger partial charge in [0.25, 0.3) is 0 Å². The van der Waals surface area contributed by atoms with E-state index in [0.29, 0.717) is 12.1 Å². The van der Waals surface area contributed by atoms with Crippen molar-refractivity contribution >= 4 is 17.9 Å². The van der Waals surface area contributed by atoms with Crippen molar-refractivity contribution in [2.45, 2.75) is 43.8 Å². The molecule has 0 saturated carbocycles. The summed E-state index contributed by atoms with van der Waals surface area (Å²) < 4.78 is 90.3. The van der Waals surface area contributed by atoms with Crippen LogP contribution in [-0.2, 0) is 55.7 Å². The van der Waals surface area contributed by atoms with Crippen LogP contribution >= 0.6 is 0 Å². The second-order valence-electron chi connectivity index (χ2n) is 9.98. The number of rotatable bonds is 8. The Kier molecular flexibility index (Phi) is 11.7. The van der Waals surface area contributed by atoms with Crippen LogP contribution in [0.5, 0.6) is 0 Å². The first-order valence-electron chi connectivity index (χ1n) is 13.4. The topological polar surface area (TPSA) is 122 Å². The second-order valence-corrected chi connectivity index (χ2v) is 9.98. The van der Waals surface area contributed by atoms with Gasteiger partial charge in [0.15, 0.2) is 0 Å². The number of nitrogens with one attached hydrogen (secondary N) is 1. The van der Waals surface area contributed by atoms with Crippen LogP contribution in [0.4, 0.5) is 26.3 Å². The molecule has 8 nitrogen and oxygen atoms in total. The van der Waals surface area contributed by atoms with Gasteiger partial charge in [-0.3, -0.25) is 4.79 Å². The molecule has 3 aromatic carbocycles. The van der Waals surface area contributed by atoms with Gasteiger partial charge in [-0.2, -0.15) is 26.3 Å². The van der Waals surface area contributed by atoms with E-state index in [9.17, 15) is 31.1 Å². The quantitative estimate of drug-likeness (QED) is 0.169. The number of carbonyl (C=O) groups excluding carboxylic acids is 1. The van der Waals surface area contributed by atoms with Crippen molar-refractivity contribution in [3.63, 3.8) is 0 Å². The number of fused-ring (bicyclic) bond motifs is 2. The third-order valence-electron chi connectivity index (χ3n) is 6.98. The van der Waals surface area contributed by atoms with Crippen molar-refractivity contribution in [2.75, 3.05) is 20.3 Å². The van der Waals surface area contributed by atoms with Crippen molar-refractivity contribution in [2.24, 2.45) is 0 Å². The van der Waals surface area contributed by atoms with E-state index in [1.165, 1.54) is 7.11 Å². The van der Waals surface area contributed by atoms with Crippen molar-refractivity contribution < 1.29 is 60.4 Å². The molecule has 1 aliphatic carbocycles. The van der Waals surface area contributed by atoms with E-state index < -0.39 is 54.0 Å². The monoisotopic (exact) mass is 641 g/mol. The number of esters is 1. The fourth-order valence-electron chi connectivity index (χ4n) is 4.97. The predicted octanol–water partition coefficient (Wildman–Crippen LogP) is 5.46. The fourth-order valence-corrected chi connectivity index (χ4v) is 4.97. The fraction of sp³-hybridized carbons (Fsp3) is 0.323. The summed E-state index contributed by atoms with van der Waals surface area (Å²) in [6.07, 6.45) is -8.32. The summed E-state index contributed by atoms with van der Waals surface area (Å²) in [5.74, 6) is -4.47. The maximum Gasteiger partial charge on any atom is 0.416 e. The zero-order chi connectivity index (χ0) is 33.4. The van der Waals surface area contributed by atoms with Crippen molar-refractivity contribution in [1.82, 2.24) is 5.32 Å². The highest BCUT2D eigenvalue weighted by Gasteiger charge is 2.37. The Hall–Kier alpha value is -4.43. The molecule has 3 aromatic rings. The Labute approximate surface area is 253 Å².